The van der Waals surface area contributed by atoms with Crippen LogP contribution in [0.25, 0.3) is 0 Å². The molecular formula is C31H39N3O12S. The molecule has 0 spiro atoms. The molecule has 1 fully saturated rings. The van der Waals surface area contributed by atoms with Crippen LogP contribution in [-0.2, 0) is 41.6 Å². The van der Waals surface area contributed by atoms with E-state index >= 15 is 0 Å². The van der Waals surface area contributed by atoms with Crippen molar-refractivity contribution < 1.29 is 59.3 Å². The first kappa shape index (κ1) is 37.4. The summed E-state index contributed by atoms with van der Waals surface area (Å²) in [5.74, 6) is -5.86. The topological polar surface area (TPSA) is 252 Å². The number of nitrogens with one attached hydrogen (secondary N) is 3. The van der Waals surface area contributed by atoms with Gasteiger partial charge >= 0.3 is 11.9 Å². The fourth-order valence-corrected chi connectivity index (χ4v) is 6.12. The number of aliphatic hydroxyl groups excluding tert-OH is 4. The molecule has 0 aliphatic carbocycles. The van der Waals surface area contributed by atoms with E-state index in [-0.39, 0.29) is 12.8 Å². The maximum Gasteiger partial charge on any atom is 0.346 e. The molecule has 47 heavy (non-hydrogen) atoms. The summed E-state index contributed by atoms with van der Waals surface area (Å²) < 4.78 is 5.68. The van der Waals surface area contributed by atoms with E-state index in [1.165, 1.54) is 0 Å². The van der Waals surface area contributed by atoms with Crippen LogP contribution in [0.5, 0.6) is 0 Å². The highest BCUT2D eigenvalue weighted by molar-refractivity contribution is 8.01. The van der Waals surface area contributed by atoms with Crippen LogP contribution in [-0.4, -0.2) is 120 Å². The molecule has 3 rings (SSSR count). The van der Waals surface area contributed by atoms with Crippen molar-refractivity contribution in [2.75, 3.05) is 12.4 Å². The highest BCUT2D eigenvalue weighted by Gasteiger charge is 2.55. The Morgan fingerprint density at radius 1 is 0.915 bits per heavy atom. The van der Waals surface area contributed by atoms with Crippen LogP contribution in [0.4, 0.5) is 0 Å². The molecule has 3 amide bonds. The SMILES string of the molecule is CC(=O)N[C@H]1[C@H]([C@H](O)[C@H](O)CO)O[C@@](SCC(=O)N[C@@H](Cc2ccccc2)C(=O)N[C@@H](Cc2ccccc2)C(=O)O)(C(=O)O)C[C@@H]1O. The summed E-state index contributed by atoms with van der Waals surface area (Å²) in [6.45, 7) is 0.164. The van der Waals surface area contributed by atoms with Crippen molar-refractivity contribution in [1.82, 2.24) is 16.0 Å². The van der Waals surface area contributed by atoms with Gasteiger partial charge in [-0.1, -0.05) is 60.7 Å². The Bertz CT molecular complexity index is 1380. The number of aliphatic hydroxyl groups is 4. The molecule has 2 aromatic rings. The molecule has 1 aliphatic rings. The quantitative estimate of drug-likeness (QED) is 0.0973. The van der Waals surface area contributed by atoms with Gasteiger partial charge < -0.3 is 51.3 Å². The van der Waals surface area contributed by atoms with Gasteiger partial charge in [-0.2, -0.15) is 0 Å². The standard InChI is InChI=1S/C31H39N3O12S/c1-17(36)32-25-22(37)14-31(30(44)45,46-27(25)26(40)23(38)15-35)47-16-24(39)33-20(12-18-8-4-2-5-9-18)28(41)34-21(29(42)43)13-19-10-6-3-7-11-19/h2-11,20-23,25-27,35,37-38,40H,12-16H2,1H3,(H,32,36)(H,33,39)(H,34,41)(H,42,43)(H,44,45)/t20-,21-,22-,23+,25+,26+,27+,31-/m0/s1. The Morgan fingerprint density at radius 2 is 1.47 bits per heavy atom. The molecule has 256 valence electrons. The van der Waals surface area contributed by atoms with E-state index in [4.69, 9.17) is 4.74 Å². The van der Waals surface area contributed by atoms with Crippen LogP contribution in [0.1, 0.15) is 24.5 Å². The number of thioether (sulfide) groups is 1. The normalized spacial score (nSPS) is 23.4. The first-order chi connectivity index (χ1) is 22.3. The molecule has 0 unspecified atom stereocenters. The van der Waals surface area contributed by atoms with Crippen molar-refractivity contribution >= 4 is 41.4 Å². The van der Waals surface area contributed by atoms with Gasteiger partial charge in [-0.15, -0.1) is 11.8 Å². The molecule has 1 aliphatic heterocycles. The van der Waals surface area contributed by atoms with Gasteiger partial charge in [-0.05, 0) is 11.1 Å². The Kier molecular flexibility index (Phi) is 13.7. The van der Waals surface area contributed by atoms with Crippen LogP contribution >= 0.6 is 11.8 Å². The van der Waals surface area contributed by atoms with Gasteiger partial charge in [-0.25, -0.2) is 9.59 Å². The summed E-state index contributed by atoms with van der Waals surface area (Å²) in [6.07, 6.45) is -7.83. The molecule has 16 heteroatoms. The summed E-state index contributed by atoms with van der Waals surface area (Å²) in [6, 6.07) is 13.2. The number of benzene rings is 2. The van der Waals surface area contributed by atoms with Crippen molar-refractivity contribution in [2.45, 2.75) is 73.7 Å². The minimum atomic E-state index is -2.37. The lowest BCUT2D eigenvalue weighted by molar-refractivity contribution is -0.205. The van der Waals surface area contributed by atoms with Crippen molar-refractivity contribution in [3.05, 3.63) is 71.8 Å². The predicted octanol–water partition coefficient (Wildman–Crippen LogP) is -1.59. The smallest absolute Gasteiger partial charge is 0.346 e. The maximum atomic E-state index is 13.4. The molecule has 0 bridgehead atoms. The number of amides is 3. The van der Waals surface area contributed by atoms with Crippen molar-refractivity contribution in [1.29, 1.82) is 0 Å². The van der Waals surface area contributed by atoms with E-state index in [1.54, 1.807) is 60.7 Å². The lowest BCUT2D eigenvalue weighted by Crippen LogP contribution is -2.66. The predicted molar refractivity (Wildman–Crippen MR) is 167 cm³/mol. The average Bonchev–Trinajstić information content (AvgIpc) is 3.04. The van der Waals surface area contributed by atoms with Crippen molar-refractivity contribution in [3.8, 4) is 0 Å². The average molecular weight is 678 g/mol. The molecule has 0 aromatic heterocycles. The molecular weight excluding hydrogens is 638 g/mol. The van der Waals surface area contributed by atoms with Gasteiger partial charge in [0, 0.05) is 26.2 Å². The van der Waals surface area contributed by atoms with E-state index in [9.17, 15) is 54.6 Å². The molecule has 15 nitrogen and oxygen atoms in total. The number of carboxylic acid groups (broad SMARTS) is 2. The Morgan fingerprint density at radius 3 is 1.96 bits per heavy atom. The first-order valence-electron chi connectivity index (χ1n) is 14.6. The van der Waals surface area contributed by atoms with Crippen LogP contribution in [0.2, 0.25) is 0 Å². The van der Waals surface area contributed by atoms with Crippen LogP contribution in [0, 0.1) is 0 Å². The monoisotopic (exact) mass is 677 g/mol. The highest BCUT2D eigenvalue weighted by atomic mass is 32.2. The Labute approximate surface area is 274 Å². The van der Waals surface area contributed by atoms with Crippen LogP contribution < -0.4 is 16.0 Å². The van der Waals surface area contributed by atoms with Crippen LogP contribution in [0.15, 0.2) is 60.7 Å². The summed E-state index contributed by atoms with van der Waals surface area (Å²) in [5, 5.41) is 68.0. The number of carbonyl (C=O) groups is 5. The zero-order chi connectivity index (χ0) is 34.7. The van der Waals surface area contributed by atoms with E-state index in [1.807, 2.05) is 0 Å². The largest absolute Gasteiger partial charge is 0.480 e. The van der Waals surface area contributed by atoms with Crippen LogP contribution in [0.3, 0.4) is 0 Å². The number of hydrogen-bond donors (Lipinski definition) is 9. The van der Waals surface area contributed by atoms with Gasteiger partial charge in [0.15, 0.2) is 0 Å². The Balaban J connectivity index is 1.80. The molecule has 1 saturated heterocycles. The zero-order valence-electron chi connectivity index (χ0n) is 25.4. The number of rotatable bonds is 16. The third-order valence-electron chi connectivity index (χ3n) is 7.45. The highest BCUT2D eigenvalue weighted by Crippen LogP contribution is 2.40. The van der Waals surface area contributed by atoms with Gasteiger partial charge in [-0.3, -0.25) is 14.4 Å². The van der Waals surface area contributed by atoms with Gasteiger partial charge in [0.25, 0.3) is 0 Å². The van der Waals surface area contributed by atoms with Gasteiger partial charge in [0.2, 0.25) is 22.7 Å². The summed E-state index contributed by atoms with van der Waals surface area (Å²) >= 11 is 0.419. The summed E-state index contributed by atoms with van der Waals surface area (Å²) in [5.41, 5.74) is 1.30. The molecule has 0 saturated carbocycles. The maximum absolute atomic E-state index is 13.4. The second-order valence-electron chi connectivity index (χ2n) is 11.1. The number of aliphatic carboxylic acids is 2. The third-order valence-corrected chi connectivity index (χ3v) is 8.76. The number of hydrogen-bond acceptors (Lipinski definition) is 11. The van der Waals surface area contributed by atoms with E-state index in [0.29, 0.717) is 22.9 Å². The molecule has 8 atom stereocenters. The van der Waals surface area contributed by atoms with E-state index in [2.05, 4.69) is 16.0 Å². The lowest BCUT2D eigenvalue weighted by Gasteiger charge is -2.46. The third kappa shape index (κ3) is 10.5. The fraction of sp³-hybridized carbons (Fsp3) is 0.452. The first-order valence-corrected chi connectivity index (χ1v) is 15.6. The second kappa shape index (κ2) is 17.2. The van der Waals surface area contributed by atoms with Crippen molar-refractivity contribution in [3.63, 3.8) is 0 Å². The van der Waals surface area contributed by atoms with E-state index < -0.39 is 95.9 Å². The lowest BCUT2D eigenvalue weighted by atomic mass is 9.90. The summed E-state index contributed by atoms with van der Waals surface area (Å²) in [4.78, 5) is 60.5. The molecule has 9 N–H and O–H groups in total. The van der Waals surface area contributed by atoms with E-state index in [0.717, 1.165) is 6.92 Å². The number of carboxylic acids is 2. The molecule has 1 heterocycles. The fourth-order valence-electron chi connectivity index (χ4n) is 5.08. The zero-order valence-corrected chi connectivity index (χ0v) is 26.2. The van der Waals surface area contributed by atoms with Gasteiger partial charge in [0.1, 0.15) is 30.4 Å². The molecule has 2 aromatic carbocycles. The van der Waals surface area contributed by atoms with Gasteiger partial charge in [0.05, 0.1) is 24.5 Å². The minimum Gasteiger partial charge on any atom is -0.480 e. The van der Waals surface area contributed by atoms with Crippen molar-refractivity contribution in [2.24, 2.45) is 0 Å². The summed E-state index contributed by atoms with van der Waals surface area (Å²) in [7, 11) is 0. The molecule has 0 radical (unpaired) electrons. The second-order valence-corrected chi connectivity index (χ2v) is 12.3. The minimum absolute atomic E-state index is 0.0258. The Hall–Kier alpha value is -4.06. The number of ether oxygens (including phenoxy) is 1. The number of carbonyl (C=O) groups excluding carboxylic acids is 3.